The summed E-state index contributed by atoms with van der Waals surface area (Å²) in [7, 11) is 2.66. The number of nitro groups is 1. The lowest BCUT2D eigenvalue weighted by Crippen LogP contribution is -2.45. The number of allylic oxidation sites excluding steroid dienone is 1. The average molecular weight is 650 g/mol. The Morgan fingerprint density at radius 1 is 1.06 bits per heavy atom. The molecule has 1 heterocycles. The second-order valence-corrected chi connectivity index (χ2v) is 10.0. The summed E-state index contributed by atoms with van der Waals surface area (Å²) in [5.74, 6) is 0.411. The van der Waals surface area contributed by atoms with Gasteiger partial charge in [-0.25, -0.2) is 9.59 Å². The van der Waals surface area contributed by atoms with Gasteiger partial charge in [0.1, 0.15) is 13.2 Å². The Hall–Kier alpha value is -5.83. The molecular weight excluding hydrogens is 614 g/mol. The van der Waals surface area contributed by atoms with Crippen molar-refractivity contribution in [2.75, 3.05) is 27.4 Å². The van der Waals surface area contributed by atoms with E-state index in [9.17, 15) is 24.8 Å². The third-order valence-corrected chi connectivity index (χ3v) is 6.85. The van der Waals surface area contributed by atoms with Crippen molar-refractivity contribution < 1.29 is 43.3 Å². The van der Waals surface area contributed by atoms with Crippen LogP contribution in [-0.4, -0.2) is 61.9 Å². The summed E-state index contributed by atoms with van der Waals surface area (Å²) >= 11 is 0. The molecule has 47 heavy (non-hydrogen) atoms. The number of nitrogens with one attached hydrogen (secondary N) is 3. The zero-order chi connectivity index (χ0) is 33.9. The predicted molar refractivity (Wildman–Crippen MR) is 169 cm³/mol. The van der Waals surface area contributed by atoms with E-state index < -0.39 is 29.2 Å². The number of benzene rings is 3. The molecule has 1 aliphatic rings. The monoisotopic (exact) mass is 649 g/mol. The second-order valence-electron chi connectivity index (χ2n) is 10.0. The minimum Gasteiger partial charge on any atom is -0.493 e. The molecule has 15 heteroatoms. The van der Waals surface area contributed by atoms with Crippen molar-refractivity contribution >= 4 is 23.9 Å². The third kappa shape index (κ3) is 8.67. The molecule has 2 atom stereocenters. The van der Waals surface area contributed by atoms with Crippen LogP contribution in [0.3, 0.4) is 0 Å². The lowest BCUT2D eigenvalue weighted by Gasteiger charge is -2.28. The fourth-order valence-electron chi connectivity index (χ4n) is 4.65. The molecule has 0 fully saturated rings. The second kappa shape index (κ2) is 15.9. The van der Waals surface area contributed by atoms with Gasteiger partial charge in [-0.2, -0.15) is 5.10 Å². The maximum atomic E-state index is 12.5. The van der Waals surface area contributed by atoms with Gasteiger partial charge < -0.3 is 39.4 Å². The van der Waals surface area contributed by atoms with Crippen LogP contribution in [0.15, 0.2) is 77.0 Å². The van der Waals surface area contributed by atoms with Crippen molar-refractivity contribution in [3.8, 4) is 23.0 Å². The maximum Gasteiger partial charge on any atom is 0.337 e. The molecule has 0 aliphatic carbocycles. The first-order chi connectivity index (χ1) is 22.6. The maximum absolute atomic E-state index is 12.5. The molecule has 1 aliphatic heterocycles. The van der Waals surface area contributed by atoms with E-state index in [0.717, 1.165) is 5.56 Å². The molecule has 4 rings (SSSR count). The zero-order valence-electron chi connectivity index (χ0n) is 26.1. The zero-order valence-corrected chi connectivity index (χ0v) is 26.1. The van der Waals surface area contributed by atoms with Crippen molar-refractivity contribution in [3.05, 3.63) is 98.7 Å². The topological polar surface area (TPSA) is 192 Å². The number of urea groups is 1. The molecule has 0 bridgehead atoms. The van der Waals surface area contributed by atoms with Crippen molar-refractivity contribution in [2.24, 2.45) is 5.10 Å². The molecule has 0 spiro atoms. The van der Waals surface area contributed by atoms with Gasteiger partial charge in [0, 0.05) is 5.70 Å². The lowest BCUT2D eigenvalue weighted by atomic mass is 9.95. The highest BCUT2D eigenvalue weighted by molar-refractivity contribution is 5.95. The van der Waals surface area contributed by atoms with Crippen LogP contribution in [0.5, 0.6) is 23.0 Å². The van der Waals surface area contributed by atoms with E-state index in [4.69, 9.17) is 23.7 Å². The Labute approximate surface area is 270 Å². The number of carbonyl (C=O) groups is 2. The minimum absolute atomic E-state index is 0.106. The molecule has 4 N–H and O–H groups in total. The Balaban J connectivity index is 1.44. The van der Waals surface area contributed by atoms with Crippen LogP contribution >= 0.6 is 0 Å². The predicted octanol–water partition coefficient (Wildman–Crippen LogP) is 3.70. The van der Waals surface area contributed by atoms with Crippen LogP contribution in [0.2, 0.25) is 0 Å². The Morgan fingerprint density at radius 3 is 2.49 bits per heavy atom. The number of esters is 1. The largest absolute Gasteiger partial charge is 0.493 e. The standard InChI is InChI=1S/C32H35N5O10/c1-5-45-26-13-21(30-29(31(39)44-4)19(2)34-32(40)35-30)11-12-24(26)47-18-28(38)36-33-16-22-14-25(43-3)27(15-23(22)37(41)42)46-17-20-9-7-6-8-10-20/h6-16,28,30,36,38H,5,17-18H2,1-4H3,(H2,34,35,40)/b33-16-/t28-,30+/m1/s1. The Bertz CT molecular complexity index is 1660. The summed E-state index contributed by atoms with van der Waals surface area (Å²) in [4.78, 5) is 35.9. The molecule has 3 aromatic carbocycles. The summed E-state index contributed by atoms with van der Waals surface area (Å²) in [6.07, 6.45) is -0.150. The van der Waals surface area contributed by atoms with E-state index in [1.165, 1.54) is 32.6 Å². The van der Waals surface area contributed by atoms with Crippen LogP contribution in [0, 0.1) is 10.1 Å². The average Bonchev–Trinajstić information content (AvgIpc) is 3.06. The summed E-state index contributed by atoms with van der Waals surface area (Å²) in [6, 6.07) is 15.5. The molecule has 15 nitrogen and oxygen atoms in total. The van der Waals surface area contributed by atoms with E-state index in [2.05, 4.69) is 21.2 Å². The summed E-state index contributed by atoms with van der Waals surface area (Å²) in [5, 5.41) is 31.5. The van der Waals surface area contributed by atoms with Crippen molar-refractivity contribution in [2.45, 2.75) is 32.7 Å². The smallest absolute Gasteiger partial charge is 0.337 e. The number of hydrogen-bond acceptors (Lipinski definition) is 12. The molecule has 0 radical (unpaired) electrons. The van der Waals surface area contributed by atoms with E-state index in [1.54, 1.807) is 32.0 Å². The first kappa shape index (κ1) is 34.1. The molecule has 2 amide bonds. The van der Waals surface area contributed by atoms with Crippen molar-refractivity contribution in [1.29, 1.82) is 0 Å². The van der Waals surface area contributed by atoms with Gasteiger partial charge in [0.05, 0.1) is 55.2 Å². The fourth-order valence-corrected chi connectivity index (χ4v) is 4.65. The number of ether oxygens (including phenoxy) is 5. The summed E-state index contributed by atoms with van der Waals surface area (Å²) in [6.45, 7) is 3.55. The molecular formula is C32H35N5O10. The molecule has 3 aromatic rings. The van der Waals surface area contributed by atoms with Crippen molar-refractivity contribution in [3.63, 3.8) is 0 Å². The number of methoxy groups -OCH3 is 2. The van der Waals surface area contributed by atoms with Gasteiger partial charge in [0.25, 0.3) is 5.69 Å². The van der Waals surface area contributed by atoms with Gasteiger partial charge in [-0.3, -0.25) is 15.5 Å². The van der Waals surface area contributed by atoms with Crippen LogP contribution in [0.1, 0.15) is 36.6 Å². The highest BCUT2D eigenvalue weighted by Gasteiger charge is 2.32. The number of nitro benzene ring substituents is 1. The fraction of sp³-hybridized carbons (Fsp3) is 0.281. The van der Waals surface area contributed by atoms with Gasteiger partial charge in [0.15, 0.2) is 29.2 Å². The number of aliphatic hydroxyl groups is 1. The quantitative estimate of drug-likeness (QED) is 0.0617. The Kier molecular flexibility index (Phi) is 11.6. The molecule has 0 unspecified atom stereocenters. The number of amides is 2. The number of hydrogen-bond donors (Lipinski definition) is 4. The van der Waals surface area contributed by atoms with Gasteiger partial charge in [0.2, 0.25) is 0 Å². The first-order valence-corrected chi connectivity index (χ1v) is 14.4. The molecule has 248 valence electrons. The van der Waals surface area contributed by atoms with Gasteiger partial charge in [-0.1, -0.05) is 36.4 Å². The Morgan fingerprint density at radius 2 is 1.81 bits per heavy atom. The normalized spacial score (nSPS) is 14.9. The van der Waals surface area contributed by atoms with E-state index in [0.29, 0.717) is 17.0 Å². The van der Waals surface area contributed by atoms with Gasteiger partial charge in [-0.15, -0.1) is 0 Å². The molecule has 0 aromatic heterocycles. The number of carbonyl (C=O) groups excluding carboxylic acids is 2. The molecule has 0 saturated heterocycles. The van der Waals surface area contributed by atoms with Crippen LogP contribution < -0.4 is 35.0 Å². The minimum atomic E-state index is -1.32. The van der Waals surface area contributed by atoms with Crippen LogP contribution in [-0.2, 0) is 16.1 Å². The van der Waals surface area contributed by atoms with E-state index in [-0.39, 0.29) is 53.9 Å². The number of hydrazone groups is 1. The highest BCUT2D eigenvalue weighted by atomic mass is 16.6. The summed E-state index contributed by atoms with van der Waals surface area (Å²) in [5.41, 5.74) is 4.29. The van der Waals surface area contributed by atoms with Gasteiger partial charge >= 0.3 is 12.0 Å². The van der Waals surface area contributed by atoms with Crippen LogP contribution in [0.25, 0.3) is 0 Å². The number of nitrogens with zero attached hydrogens (tertiary/aromatic N) is 2. The number of aliphatic hydroxyl groups excluding tert-OH is 1. The lowest BCUT2D eigenvalue weighted by molar-refractivity contribution is -0.385. The van der Waals surface area contributed by atoms with E-state index >= 15 is 0 Å². The van der Waals surface area contributed by atoms with Gasteiger partial charge in [-0.05, 0) is 43.2 Å². The molecule has 0 saturated carbocycles. The number of rotatable bonds is 15. The van der Waals surface area contributed by atoms with Crippen LogP contribution in [0.4, 0.5) is 10.5 Å². The van der Waals surface area contributed by atoms with Crippen molar-refractivity contribution in [1.82, 2.24) is 16.1 Å². The van der Waals surface area contributed by atoms with E-state index in [1.807, 2.05) is 30.3 Å². The summed E-state index contributed by atoms with van der Waals surface area (Å²) < 4.78 is 27.5. The SMILES string of the molecule is CCOc1cc([C@@H]2NC(=O)NC(C)=C2C(=O)OC)ccc1OC[C@@H](O)N/N=C\c1cc(OC)c(OCc2ccccc2)cc1[N+](=O)[O-]. The third-order valence-electron chi connectivity index (χ3n) is 6.85. The first-order valence-electron chi connectivity index (χ1n) is 14.4. The highest BCUT2D eigenvalue weighted by Crippen LogP contribution is 2.36.